The fourth-order valence-corrected chi connectivity index (χ4v) is 4.99. The predicted octanol–water partition coefficient (Wildman–Crippen LogP) is 2.12. The van der Waals surface area contributed by atoms with Gasteiger partial charge in [0.15, 0.2) is 11.5 Å². The van der Waals surface area contributed by atoms with E-state index >= 15 is 0 Å². The molecule has 0 saturated heterocycles. The zero-order chi connectivity index (χ0) is 21.4. The first-order valence-electron chi connectivity index (χ1n) is 10.2. The van der Waals surface area contributed by atoms with Crippen molar-refractivity contribution in [2.75, 3.05) is 25.1 Å². The summed E-state index contributed by atoms with van der Waals surface area (Å²) in [6.45, 7) is 3.34. The van der Waals surface area contributed by atoms with E-state index < -0.39 is 5.91 Å². The molecule has 0 spiro atoms. The zero-order valence-electron chi connectivity index (χ0n) is 16.9. The van der Waals surface area contributed by atoms with Crippen LogP contribution in [0.2, 0.25) is 0 Å². The van der Waals surface area contributed by atoms with Crippen molar-refractivity contribution in [3.05, 3.63) is 41.2 Å². The van der Waals surface area contributed by atoms with E-state index in [4.69, 9.17) is 9.47 Å². The Bertz CT molecular complexity index is 1110. The van der Waals surface area contributed by atoms with Crippen LogP contribution in [0.15, 0.2) is 35.6 Å². The number of carbonyl (C=O) groups is 1. The van der Waals surface area contributed by atoms with E-state index in [9.17, 15) is 10.1 Å². The maximum absolute atomic E-state index is 12.8. The number of hydrogen-bond acceptors (Lipinski definition) is 9. The van der Waals surface area contributed by atoms with E-state index in [0.29, 0.717) is 29.2 Å². The SMILES string of the molecule is Cc1ccnn1-c1nnc(NC(=O)C2=CC3=C(CO2)OCCN3[C@@H]2CCC[C@@H]2C#N)s1. The topological polar surface area (TPSA) is 118 Å². The molecule has 1 saturated carbocycles. The Labute approximate surface area is 182 Å². The number of allylic oxidation sites excluding steroid dienone is 1. The molecule has 160 valence electrons. The van der Waals surface area contributed by atoms with Gasteiger partial charge >= 0.3 is 0 Å². The first-order valence-corrected chi connectivity index (χ1v) is 11.0. The molecule has 2 atom stereocenters. The van der Waals surface area contributed by atoms with Crippen molar-refractivity contribution in [1.82, 2.24) is 24.9 Å². The number of nitriles is 1. The average molecular weight is 440 g/mol. The van der Waals surface area contributed by atoms with Gasteiger partial charge in [0.2, 0.25) is 10.3 Å². The largest absolute Gasteiger partial charge is 0.490 e. The summed E-state index contributed by atoms with van der Waals surface area (Å²) in [6, 6.07) is 4.44. The van der Waals surface area contributed by atoms with Crippen LogP contribution in [0.5, 0.6) is 0 Å². The van der Waals surface area contributed by atoms with Crippen LogP contribution in [0.25, 0.3) is 5.13 Å². The highest BCUT2D eigenvalue weighted by atomic mass is 32.1. The van der Waals surface area contributed by atoms with Crippen molar-refractivity contribution in [2.24, 2.45) is 5.92 Å². The molecule has 3 aliphatic rings. The van der Waals surface area contributed by atoms with Gasteiger partial charge in [-0.25, -0.2) is 4.68 Å². The lowest BCUT2D eigenvalue weighted by Gasteiger charge is -2.39. The van der Waals surface area contributed by atoms with E-state index in [1.54, 1.807) is 17.0 Å². The number of amides is 1. The van der Waals surface area contributed by atoms with Crippen LogP contribution in [-0.2, 0) is 14.3 Å². The van der Waals surface area contributed by atoms with Crippen LogP contribution in [-0.4, -0.2) is 56.6 Å². The summed E-state index contributed by atoms with van der Waals surface area (Å²) in [7, 11) is 0. The Balaban J connectivity index is 1.34. The van der Waals surface area contributed by atoms with E-state index in [-0.39, 0.29) is 24.3 Å². The van der Waals surface area contributed by atoms with Gasteiger partial charge in [-0.05, 0) is 32.3 Å². The number of carbonyl (C=O) groups excluding carboxylic acids is 1. The second kappa shape index (κ2) is 8.03. The van der Waals surface area contributed by atoms with Gasteiger partial charge in [0.05, 0.1) is 24.2 Å². The summed E-state index contributed by atoms with van der Waals surface area (Å²) in [5.74, 6) is 0.484. The molecule has 11 heteroatoms. The summed E-state index contributed by atoms with van der Waals surface area (Å²) >= 11 is 1.22. The zero-order valence-corrected chi connectivity index (χ0v) is 17.8. The normalized spacial score (nSPS) is 22.8. The minimum Gasteiger partial charge on any atom is -0.490 e. The maximum Gasteiger partial charge on any atom is 0.292 e. The molecule has 1 aliphatic carbocycles. The molecule has 5 rings (SSSR count). The molecular weight excluding hydrogens is 418 g/mol. The van der Waals surface area contributed by atoms with Crippen molar-refractivity contribution in [3.8, 4) is 11.2 Å². The summed E-state index contributed by atoms with van der Waals surface area (Å²) in [4.78, 5) is 15.0. The number of ether oxygens (including phenoxy) is 2. The number of aryl methyl sites for hydroxylation is 1. The Morgan fingerprint density at radius 3 is 3.06 bits per heavy atom. The summed E-state index contributed by atoms with van der Waals surface area (Å²) in [5, 5.41) is 25.5. The van der Waals surface area contributed by atoms with E-state index in [0.717, 1.165) is 30.7 Å². The molecule has 1 N–H and O–H groups in total. The molecule has 4 heterocycles. The molecule has 0 unspecified atom stereocenters. The third-order valence-electron chi connectivity index (χ3n) is 5.75. The molecule has 2 aromatic heterocycles. The molecule has 2 aromatic rings. The minimum absolute atomic E-state index is 0.00839. The van der Waals surface area contributed by atoms with Crippen molar-refractivity contribution in [3.63, 3.8) is 0 Å². The smallest absolute Gasteiger partial charge is 0.292 e. The predicted molar refractivity (Wildman–Crippen MR) is 111 cm³/mol. The number of nitrogens with one attached hydrogen (secondary N) is 1. The number of hydrogen-bond donors (Lipinski definition) is 1. The third kappa shape index (κ3) is 3.63. The van der Waals surface area contributed by atoms with Crippen LogP contribution in [0.4, 0.5) is 5.13 Å². The van der Waals surface area contributed by atoms with Crippen LogP contribution in [0, 0.1) is 24.2 Å². The van der Waals surface area contributed by atoms with Gasteiger partial charge in [0.1, 0.15) is 13.2 Å². The molecule has 10 nitrogen and oxygen atoms in total. The monoisotopic (exact) mass is 439 g/mol. The molecule has 31 heavy (non-hydrogen) atoms. The van der Waals surface area contributed by atoms with E-state index in [2.05, 4.69) is 31.6 Å². The molecule has 0 aromatic carbocycles. The Kier molecular flexibility index (Phi) is 5.07. The maximum atomic E-state index is 12.8. The minimum atomic E-state index is -0.403. The van der Waals surface area contributed by atoms with E-state index in [1.165, 1.54) is 11.3 Å². The lowest BCUT2D eigenvalue weighted by Crippen LogP contribution is -2.43. The van der Waals surface area contributed by atoms with Gasteiger partial charge in [-0.1, -0.05) is 11.3 Å². The summed E-state index contributed by atoms with van der Waals surface area (Å²) in [5.41, 5.74) is 1.76. The summed E-state index contributed by atoms with van der Waals surface area (Å²) < 4.78 is 13.1. The van der Waals surface area contributed by atoms with Gasteiger partial charge < -0.3 is 14.4 Å². The molecule has 1 fully saturated rings. The first kappa shape index (κ1) is 19.6. The number of aromatic nitrogens is 4. The number of anilines is 1. The Morgan fingerprint density at radius 1 is 1.35 bits per heavy atom. The third-order valence-corrected chi connectivity index (χ3v) is 6.56. The highest BCUT2D eigenvalue weighted by Crippen LogP contribution is 2.36. The number of rotatable bonds is 4. The fourth-order valence-electron chi connectivity index (χ4n) is 4.23. The van der Waals surface area contributed by atoms with Crippen molar-refractivity contribution < 1.29 is 14.3 Å². The van der Waals surface area contributed by atoms with Crippen molar-refractivity contribution in [1.29, 1.82) is 5.26 Å². The summed E-state index contributed by atoms with van der Waals surface area (Å²) in [6.07, 6.45) is 6.29. The highest BCUT2D eigenvalue weighted by molar-refractivity contribution is 7.17. The first-order chi connectivity index (χ1) is 15.1. The van der Waals surface area contributed by atoms with E-state index in [1.807, 2.05) is 13.0 Å². The molecule has 0 radical (unpaired) electrons. The van der Waals surface area contributed by atoms with Crippen LogP contribution < -0.4 is 5.32 Å². The molecular formula is C20H21N7O3S. The average Bonchev–Trinajstić information content (AvgIpc) is 3.53. The van der Waals surface area contributed by atoms with Gasteiger partial charge in [0, 0.05) is 24.0 Å². The second-order valence-corrected chi connectivity index (χ2v) is 8.57. The molecule has 1 amide bonds. The standard InChI is InChI=1S/C20H21N7O3S/c1-12-5-6-22-27(12)20-25-24-19(31-20)23-18(28)16-9-15-17(11-30-16)29-8-7-26(15)14-4-2-3-13(14)10-21/h5-6,9,13-14H,2-4,7-8,11H2,1H3,(H,23,24,28)/t13-,14-/m1/s1. The Hall–Kier alpha value is -3.39. The van der Waals surface area contributed by atoms with Crippen LogP contribution in [0.3, 0.4) is 0 Å². The number of nitrogens with zero attached hydrogens (tertiary/aromatic N) is 6. The van der Waals surface area contributed by atoms with Gasteiger partial charge in [-0.15, -0.1) is 10.2 Å². The highest BCUT2D eigenvalue weighted by Gasteiger charge is 2.37. The Morgan fingerprint density at radius 2 is 2.26 bits per heavy atom. The quantitative estimate of drug-likeness (QED) is 0.770. The lowest BCUT2D eigenvalue weighted by molar-refractivity contribution is -0.116. The van der Waals surface area contributed by atoms with Gasteiger partial charge in [-0.3, -0.25) is 10.1 Å². The fraction of sp³-hybridized carbons (Fsp3) is 0.450. The molecule has 0 bridgehead atoms. The second-order valence-electron chi connectivity index (χ2n) is 7.61. The van der Waals surface area contributed by atoms with Gasteiger partial charge in [-0.2, -0.15) is 10.4 Å². The van der Waals surface area contributed by atoms with Crippen molar-refractivity contribution >= 4 is 22.4 Å². The molecule has 2 aliphatic heterocycles. The van der Waals surface area contributed by atoms with Crippen LogP contribution in [0.1, 0.15) is 25.0 Å². The lowest BCUT2D eigenvalue weighted by atomic mass is 10.0. The van der Waals surface area contributed by atoms with Gasteiger partial charge in [0.25, 0.3) is 5.91 Å². The van der Waals surface area contributed by atoms with Crippen LogP contribution >= 0.6 is 11.3 Å². The van der Waals surface area contributed by atoms with Crippen molar-refractivity contribution in [2.45, 2.75) is 32.2 Å².